The predicted molar refractivity (Wildman–Crippen MR) is 72.6 cm³/mol. The highest BCUT2D eigenvalue weighted by Gasteiger charge is 2.53. The van der Waals surface area contributed by atoms with Gasteiger partial charge in [0.1, 0.15) is 6.10 Å². The molecule has 2 saturated heterocycles. The van der Waals surface area contributed by atoms with Gasteiger partial charge in [0.25, 0.3) is 0 Å². The van der Waals surface area contributed by atoms with E-state index in [4.69, 9.17) is 14.2 Å². The van der Waals surface area contributed by atoms with Crippen molar-refractivity contribution in [3.63, 3.8) is 0 Å². The lowest BCUT2D eigenvalue weighted by molar-refractivity contribution is -0.280. The first-order chi connectivity index (χ1) is 9.42. The summed E-state index contributed by atoms with van der Waals surface area (Å²) in [6, 6.07) is 10.2. The van der Waals surface area contributed by atoms with E-state index >= 15 is 0 Å². The van der Waals surface area contributed by atoms with Crippen molar-refractivity contribution in [2.45, 2.75) is 24.9 Å². The van der Waals surface area contributed by atoms with Crippen LogP contribution in [0.15, 0.2) is 43.5 Å². The maximum absolute atomic E-state index is 6.08. The molecule has 0 spiro atoms. The van der Waals surface area contributed by atoms with Gasteiger partial charge >= 0.3 is 0 Å². The molecule has 2 heterocycles. The second-order valence-electron chi connectivity index (χ2n) is 5.21. The van der Waals surface area contributed by atoms with E-state index in [9.17, 15) is 0 Å². The lowest BCUT2D eigenvalue weighted by Gasteiger charge is -2.39. The smallest absolute Gasteiger partial charge is 0.184 e. The zero-order chi connectivity index (χ0) is 13.2. The SMILES string of the molecule is C=C.c1ccc([C@@H]2OCC3OC[C@@H]4C[C@@H]4C3O2)cc1. The van der Waals surface area contributed by atoms with Crippen molar-refractivity contribution in [2.75, 3.05) is 13.2 Å². The summed E-state index contributed by atoms with van der Waals surface area (Å²) >= 11 is 0. The molecule has 3 fully saturated rings. The van der Waals surface area contributed by atoms with E-state index in [0.29, 0.717) is 12.5 Å². The Morgan fingerprint density at radius 2 is 1.79 bits per heavy atom. The fraction of sp³-hybridized carbons (Fsp3) is 0.500. The Kier molecular flexibility index (Phi) is 3.69. The minimum Gasteiger partial charge on any atom is -0.373 e. The molecule has 0 amide bonds. The van der Waals surface area contributed by atoms with Crippen molar-refractivity contribution in [3.8, 4) is 0 Å². The van der Waals surface area contributed by atoms with E-state index in [0.717, 1.165) is 18.1 Å². The van der Waals surface area contributed by atoms with Crippen molar-refractivity contribution in [1.29, 1.82) is 0 Å². The molecule has 1 aromatic rings. The molecule has 0 bridgehead atoms. The summed E-state index contributed by atoms with van der Waals surface area (Å²) in [5, 5.41) is 0. The molecule has 1 saturated carbocycles. The molecule has 3 nitrogen and oxygen atoms in total. The molecule has 2 unspecified atom stereocenters. The second kappa shape index (κ2) is 5.45. The Balaban J connectivity index is 0.000000528. The van der Waals surface area contributed by atoms with Crippen LogP contribution in [0.5, 0.6) is 0 Å². The zero-order valence-electron chi connectivity index (χ0n) is 11.0. The fourth-order valence-electron chi connectivity index (χ4n) is 2.96. The van der Waals surface area contributed by atoms with Gasteiger partial charge in [0.2, 0.25) is 0 Å². The maximum atomic E-state index is 6.08. The first kappa shape index (κ1) is 12.9. The molecular formula is C16H20O3. The van der Waals surface area contributed by atoms with Gasteiger partial charge in [-0.2, -0.15) is 0 Å². The summed E-state index contributed by atoms with van der Waals surface area (Å²) in [4.78, 5) is 0. The Morgan fingerprint density at radius 3 is 2.58 bits per heavy atom. The van der Waals surface area contributed by atoms with Gasteiger partial charge in [0.15, 0.2) is 6.29 Å². The second-order valence-corrected chi connectivity index (χ2v) is 5.21. The van der Waals surface area contributed by atoms with E-state index in [1.807, 2.05) is 18.2 Å². The molecule has 2 aliphatic heterocycles. The van der Waals surface area contributed by atoms with Crippen LogP contribution < -0.4 is 0 Å². The van der Waals surface area contributed by atoms with E-state index in [1.165, 1.54) is 6.42 Å². The number of ether oxygens (including phenoxy) is 3. The van der Waals surface area contributed by atoms with Gasteiger partial charge in [-0.25, -0.2) is 0 Å². The van der Waals surface area contributed by atoms with Crippen LogP contribution in [0.25, 0.3) is 0 Å². The zero-order valence-corrected chi connectivity index (χ0v) is 11.0. The summed E-state index contributed by atoms with van der Waals surface area (Å²) in [6.45, 7) is 7.56. The minimum atomic E-state index is -0.208. The minimum absolute atomic E-state index is 0.152. The van der Waals surface area contributed by atoms with Gasteiger partial charge in [0.05, 0.1) is 19.3 Å². The van der Waals surface area contributed by atoms with Crippen molar-refractivity contribution >= 4 is 0 Å². The summed E-state index contributed by atoms with van der Waals surface area (Å²) in [6.07, 6.45) is 1.45. The van der Waals surface area contributed by atoms with Gasteiger partial charge in [-0.1, -0.05) is 30.3 Å². The van der Waals surface area contributed by atoms with E-state index in [2.05, 4.69) is 25.3 Å². The summed E-state index contributed by atoms with van der Waals surface area (Å²) in [7, 11) is 0. The number of benzene rings is 1. The number of fused-ring (bicyclic) bond motifs is 3. The normalized spacial score (nSPS) is 39.3. The first-order valence-corrected chi connectivity index (χ1v) is 6.85. The topological polar surface area (TPSA) is 27.7 Å². The van der Waals surface area contributed by atoms with E-state index < -0.39 is 0 Å². The molecule has 102 valence electrons. The van der Waals surface area contributed by atoms with Gasteiger partial charge < -0.3 is 14.2 Å². The third-order valence-electron chi connectivity index (χ3n) is 4.05. The van der Waals surface area contributed by atoms with Crippen LogP contribution in [-0.2, 0) is 14.2 Å². The molecule has 19 heavy (non-hydrogen) atoms. The highest BCUT2D eigenvalue weighted by molar-refractivity contribution is 5.16. The van der Waals surface area contributed by atoms with E-state index in [1.54, 1.807) is 0 Å². The Morgan fingerprint density at radius 1 is 1.00 bits per heavy atom. The first-order valence-electron chi connectivity index (χ1n) is 6.85. The maximum Gasteiger partial charge on any atom is 0.184 e. The molecule has 0 aromatic heterocycles. The summed E-state index contributed by atoms with van der Waals surface area (Å²) < 4.78 is 17.6. The Hall–Kier alpha value is -1.16. The number of hydrogen-bond acceptors (Lipinski definition) is 3. The molecule has 1 aliphatic carbocycles. The molecule has 3 aliphatic rings. The monoisotopic (exact) mass is 260 g/mol. The van der Waals surface area contributed by atoms with Crippen LogP contribution in [0.4, 0.5) is 0 Å². The van der Waals surface area contributed by atoms with Crippen LogP contribution in [0, 0.1) is 11.8 Å². The summed E-state index contributed by atoms with van der Waals surface area (Å²) in [5.74, 6) is 1.45. The highest BCUT2D eigenvalue weighted by Crippen LogP contribution is 2.50. The average molecular weight is 260 g/mol. The summed E-state index contributed by atoms with van der Waals surface area (Å²) in [5.41, 5.74) is 1.11. The molecule has 3 heteroatoms. The van der Waals surface area contributed by atoms with Crippen molar-refractivity contribution in [1.82, 2.24) is 0 Å². The Labute approximate surface area is 114 Å². The van der Waals surface area contributed by atoms with Gasteiger partial charge in [-0.3, -0.25) is 0 Å². The molecule has 0 radical (unpaired) electrons. The lowest BCUT2D eigenvalue weighted by atomic mass is 10.0. The van der Waals surface area contributed by atoms with Crippen LogP contribution in [0.3, 0.4) is 0 Å². The van der Waals surface area contributed by atoms with Gasteiger partial charge in [-0.15, -0.1) is 13.2 Å². The number of rotatable bonds is 1. The van der Waals surface area contributed by atoms with Crippen LogP contribution in [0.1, 0.15) is 18.3 Å². The third kappa shape index (κ3) is 2.46. The van der Waals surface area contributed by atoms with E-state index in [-0.39, 0.29) is 18.5 Å². The molecule has 1 aromatic carbocycles. The van der Waals surface area contributed by atoms with Crippen molar-refractivity contribution in [2.24, 2.45) is 11.8 Å². The quantitative estimate of drug-likeness (QED) is 0.727. The van der Waals surface area contributed by atoms with Crippen LogP contribution in [0.2, 0.25) is 0 Å². The van der Waals surface area contributed by atoms with Crippen molar-refractivity contribution in [3.05, 3.63) is 49.1 Å². The largest absolute Gasteiger partial charge is 0.373 e. The molecule has 5 atom stereocenters. The molecule has 0 N–H and O–H groups in total. The predicted octanol–water partition coefficient (Wildman–Crippen LogP) is 2.94. The molecular weight excluding hydrogens is 240 g/mol. The van der Waals surface area contributed by atoms with Crippen LogP contribution >= 0.6 is 0 Å². The van der Waals surface area contributed by atoms with Gasteiger partial charge in [0, 0.05) is 5.56 Å². The van der Waals surface area contributed by atoms with Crippen molar-refractivity contribution < 1.29 is 14.2 Å². The Bertz CT molecular complexity index is 419. The van der Waals surface area contributed by atoms with Crippen LogP contribution in [-0.4, -0.2) is 25.4 Å². The van der Waals surface area contributed by atoms with Gasteiger partial charge in [-0.05, 0) is 18.3 Å². The molecule has 4 rings (SSSR count). The highest BCUT2D eigenvalue weighted by atomic mass is 16.7. The average Bonchev–Trinajstić information content (AvgIpc) is 3.30. The standard InChI is InChI=1S/C14H16O3.C2H4/c1-2-4-9(5-3-1)14-16-8-12-13(17-14)11-6-10(11)7-15-12;1-2/h1-5,10-14H,6-8H2;1-2H2/t10-,11-,12?,13?,14+;/m0./s1. The fourth-order valence-corrected chi connectivity index (χ4v) is 2.96. The lowest BCUT2D eigenvalue weighted by Crippen LogP contribution is -2.46. The third-order valence-corrected chi connectivity index (χ3v) is 4.05. The number of hydrogen-bond donors (Lipinski definition) is 0.